The predicted molar refractivity (Wildman–Crippen MR) is 52.2 cm³/mol. The lowest BCUT2D eigenvalue weighted by atomic mass is 10.4. The van der Waals surface area contributed by atoms with Gasteiger partial charge in [-0.2, -0.15) is 10.3 Å². The summed E-state index contributed by atoms with van der Waals surface area (Å²) in [7, 11) is 0. The van der Waals surface area contributed by atoms with E-state index in [-0.39, 0.29) is 12.5 Å². The van der Waals surface area contributed by atoms with Crippen molar-refractivity contribution in [3.8, 4) is 6.19 Å². The molecule has 0 aliphatic carbocycles. The Kier molecular flexibility index (Phi) is 4.10. The van der Waals surface area contributed by atoms with E-state index >= 15 is 0 Å². The van der Waals surface area contributed by atoms with Crippen molar-refractivity contribution in [1.29, 1.82) is 5.26 Å². The van der Waals surface area contributed by atoms with Crippen LogP contribution in [0.15, 0.2) is 29.4 Å². The zero-order chi connectivity index (χ0) is 11.1. The third-order valence-electron chi connectivity index (χ3n) is 1.69. The van der Waals surface area contributed by atoms with Crippen LogP contribution in [0, 0.1) is 11.5 Å². The molecule has 0 bridgehead atoms. The van der Waals surface area contributed by atoms with Crippen LogP contribution in [0.2, 0.25) is 0 Å². The summed E-state index contributed by atoms with van der Waals surface area (Å²) in [6, 6.07) is 5.16. The molecule has 0 saturated heterocycles. The molecule has 1 aromatic heterocycles. The first-order chi connectivity index (χ1) is 7.27. The first kappa shape index (κ1) is 11.0. The standard InChI is InChI=1S/C10H11N3O2/c1-2-15-10(14)7-13-6-4-3-5-9(13)12-8-11/h3-6H,2,7H2,1H3. The topological polar surface area (TPSA) is 67.4 Å². The lowest BCUT2D eigenvalue weighted by Gasteiger charge is -2.05. The van der Waals surface area contributed by atoms with E-state index < -0.39 is 0 Å². The third-order valence-corrected chi connectivity index (χ3v) is 1.69. The largest absolute Gasteiger partial charge is 0.465 e. The minimum atomic E-state index is -0.344. The van der Waals surface area contributed by atoms with Gasteiger partial charge in [-0.25, -0.2) is 0 Å². The number of nitrogens with zero attached hydrogens (tertiary/aromatic N) is 3. The number of pyridine rings is 1. The van der Waals surface area contributed by atoms with Crippen LogP contribution in [0.1, 0.15) is 6.92 Å². The number of aromatic nitrogens is 1. The zero-order valence-corrected chi connectivity index (χ0v) is 8.38. The molecule has 5 heteroatoms. The highest BCUT2D eigenvalue weighted by Gasteiger charge is 2.02. The summed E-state index contributed by atoms with van der Waals surface area (Å²) in [4.78, 5) is 14.8. The predicted octanol–water partition coefficient (Wildman–Crippen LogP) is 0.433. The van der Waals surface area contributed by atoms with Crippen molar-refractivity contribution in [1.82, 2.24) is 4.57 Å². The maximum absolute atomic E-state index is 11.2. The smallest absolute Gasteiger partial charge is 0.325 e. The van der Waals surface area contributed by atoms with Gasteiger partial charge in [0.15, 0.2) is 0 Å². The zero-order valence-electron chi connectivity index (χ0n) is 8.38. The second kappa shape index (κ2) is 5.60. The Morgan fingerprint density at radius 1 is 1.67 bits per heavy atom. The number of carbonyl (C=O) groups excluding carboxylic acids is 1. The van der Waals surface area contributed by atoms with Gasteiger partial charge < -0.3 is 9.30 Å². The van der Waals surface area contributed by atoms with Crippen molar-refractivity contribution in [2.75, 3.05) is 6.61 Å². The molecule has 78 valence electrons. The van der Waals surface area contributed by atoms with Crippen molar-refractivity contribution in [3.05, 3.63) is 29.9 Å². The van der Waals surface area contributed by atoms with Crippen LogP contribution in [0.5, 0.6) is 0 Å². The Bertz CT molecular complexity index is 442. The van der Waals surface area contributed by atoms with Crippen LogP contribution in [0.4, 0.5) is 0 Å². The van der Waals surface area contributed by atoms with E-state index in [2.05, 4.69) is 4.99 Å². The lowest BCUT2D eigenvalue weighted by molar-refractivity contribution is -0.143. The highest BCUT2D eigenvalue weighted by molar-refractivity contribution is 5.69. The fourth-order valence-corrected chi connectivity index (χ4v) is 1.10. The summed E-state index contributed by atoms with van der Waals surface area (Å²) in [6.07, 6.45) is 3.36. The molecule has 0 fully saturated rings. The van der Waals surface area contributed by atoms with Gasteiger partial charge >= 0.3 is 5.97 Å². The van der Waals surface area contributed by atoms with Gasteiger partial charge in [0, 0.05) is 6.20 Å². The summed E-state index contributed by atoms with van der Waals surface area (Å²) in [5, 5.41) is 8.44. The fraction of sp³-hybridized carbons (Fsp3) is 0.300. The third kappa shape index (κ3) is 3.27. The van der Waals surface area contributed by atoms with E-state index in [0.717, 1.165) is 0 Å². The van der Waals surface area contributed by atoms with Gasteiger partial charge in [-0.05, 0) is 19.1 Å². The molecule has 1 rings (SSSR count). The second-order valence-corrected chi connectivity index (χ2v) is 2.70. The molecular weight excluding hydrogens is 194 g/mol. The highest BCUT2D eigenvalue weighted by atomic mass is 16.5. The molecule has 1 aromatic rings. The Morgan fingerprint density at radius 2 is 2.47 bits per heavy atom. The minimum absolute atomic E-state index is 0.0647. The van der Waals surface area contributed by atoms with Crippen molar-refractivity contribution in [2.24, 2.45) is 4.99 Å². The van der Waals surface area contributed by atoms with Crippen molar-refractivity contribution < 1.29 is 9.53 Å². The van der Waals surface area contributed by atoms with E-state index in [1.165, 1.54) is 0 Å². The van der Waals surface area contributed by atoms with Crippen molar-refractivity contribution in [2.45, 2.75) is 13.5 Å². The Balaban J connectivity index is 2.91. The molecule has 0 radical (unpaired) electrons. The number of esters is 1. The van der Waals surface area contributed by atoms with E-state index in [9.17, 15) is 4.79 Å². The number of carbonyl (C=O) groups is 1. The van der Waals surface area contributed by atoms with Gasteiger partial charge in [-0.1, -0.05) is 6.07 Å². The number of ether oxygens (including phenoxy) is 1. The molecule has 0 N–H and O–H groups in total. The van der Waals surface area contributed by atoms with Crippen LogP contribution < -0.4 is 5.49 Å². The minimum Gasteiger partial charge on any atom is -0.465 e. The van der Waals surface area contributed by atoms with E-state index in [1.54, 1.807) is 42.1 Å². The molecule has 0 unspecified atom stereocenters. The first-order valence-electron chi connectivity index (χ1n) is 4.52. The maximum atomic E-state index is 11.2. The normalized spacial score (nSPS) is 10.8. The maximum Gasteiger partial charge on any atom is 0.325 e. The van der Waals surface area contributed by atoms with Crippen molar-refractivity contribution >= 4 is 5.97 Å². The van der Waals surface area contributed by atoms with Crippen molar-refractivity contribution in [3.63, 3.8) is 0 Å². The quantitative estimate of drug-likeness (QED) is 0.531. The number of hydrogen-bond acceptors (Lipinski definition) is 4. The average molecular weight is 205 g/mol. The summed E-state index contributed by atoms with van der Waals surface area (Å²) in [5.41, 5.74) is 0.438. The van der Waals surface area contributed by atoms with Gasteiger partial charge in [-0.3, -0.25) is 4.79 Å². The van der Waals surface area contributed by atoms with Gasteiger partial charge in [0.1, 0.15) is 12.0 Å². The molecule has 0 aliphatic heterocycles. The summed E-state index contributed by atoms with van der Waals surface area (Å²) in [6.45, 7) is 2.15. The summed E-state index contributed by atoms with van der Waals surface area (Å²) in [5.74, 6) is -0.344. The molecule has 0 aliphatic rings. The van der Waals surface area contributed by atoms with Crippen LogP contribution >= 0.6 is 0 Å². The molecule has 15 heavy (non-hydrogen) atoms. The van der Waals surface area contributed by atoms with Crippen LogP contribution in [0.25, 0.3) is 0 Å². The molecule has 0 amide bonds. The fourth-order valence-electron chi connectivity index (χ4n) is 1.10. The SMILES string of the molecule is CCOC(=O)Cn1ccccc1=NC#N. The van der Waals surface area contributed by atoms with Gasteiger partial charge in [0.05, 0.1) is 6.61 Å². The Labute approximate surface area is 87.2 Å². The molecule has 0 aromatic carbocycles. The van der Waals surface area contributed by atoms with Gasteiger partial charge in [-0.15, -0.1) is 0 Å². The Hall–Kier alpha value is -2.09. The van der Waals surface area contributed by atoms with E-state index in [1.807, 2.05) is 0 Å². The van der Waals surface area contributed by atoms with Gasteiger partial charge in [0.2, 0.25) is 6.19 Å². The molecule has 1 heterocycles. The second-order valence-electron chi connectivity index (χ2n) is 2.70. The first-order valence-corrected chi connectivity index (χ1v) is 4.52. The van der Waals surface area contributed by atoms with Crippen LogP contribution in [-0.2, 0) is 16.1 Å². The van der Waals surface area contributed by atoms with E-state index in [4.69, 9.17) is 10.00 Å². The molecule has 5 nitrogen and oxygen atoms in total. The molecule has 0 spiro atoms. The Morgan fingerprint density at radius 3 is 3.13 bits per heavy atom. The summed E-state index contributed by atoms with van der Waals surface area (Å²) < 4.78 is 6.35. The van der Waals surface area contributed by atoms with Gasteiger partial charge in [0.25, 0.3) is 0 Å². The van der Waals surface area contributed by atoms with Crippen LogP contribution in [-0.4, -0.2) is 17.1 Å². The summed E-state index contributed by atoms with van der Waals surface area (Å²) >= 11 is 0. The number of hydrogen-bond donors (Lipinski definition) is 0. The monoisotopic (exact) mass is 205 g/mol. The number of nitriles is 1. The van der Waals surface area contributed by atoms with E-state index in [0.29, 0.717) is 12.1 Å². The van der Waals surface area contributed by atoms with Crippen LogP contribution in [0.3, 0.4) is 0 Å². The number of rotatable bonds is 3. The lowest BCUT2D eigenvalue weighted by Crippen LogP contribution is -2.24. The molecule has 0 atom stereocenters. The molecule has 0 saturated carbocycles. The average Bonchev–Trinajstić information content (AvgIpc) is 2.21. The highest BCUT2D eigenvalue weighted by Crippen LogP contribution is 1.86. The molecular formula is C10H11N3O2.